The van der Waals surface area contributed by atoms with E-state index < -0.39 is 121 Å². The summed E-state index contributed by atoms with van der Waals surface area (Å²) in [6.07, 6.45) is 5.62. The largest absolute Gasteiger partial charge is 0.455 e. The normalized spacial score (nSPS) is 29.7. The fraction of sp³-hybridized carbons (Fsp3) is 0.775. The number of carbonyl (C=O) groups excluding carboxylic acids is 2. The summed E-state index contributed by atoms with van der Waals surface area (Å²) in [5.74, 6) is -0.948. The van der Waals surface area contributed by atoms with E-state index in [1.807, 2.05) is 30.3 Å². The van der Waals surface area contributed by atoms with Crippen LogP contribution in [0.25, 0.3) is 0 Å². The van der Waals surface area contributed by atoms with Crippen molar-refractivity contribution in [1.29, 1.82) is 0 Å². The molecule has 5 heterocycles. The molecule has 5 aliphatic rings. The maximum atomic E-state index is 16.1. The molecule has 14 nitrogen and oxygen atoms in total. The second-order valence-corrected chi connectivity index (χ2v) is 57.3. The number of hydrogen-bond donors (Lipinski definition) is 0. The van der Waals surface area contributed by atoms with Gasteiger partial charge in [-0.2, -0.15) is 0 Å². The van der Waals surface area contributed by atoms with Crippen molar-refractivity contribution in [3.8, 4) is 0 Å². The first-order chi connectivity index (χ1) is 46.5. The van der Waals surface area contributed by atoms with Crippen LogP contribution in [-0.2, 0) is 60.8 Å². The monoisotopic (exact) mass is 1590 g/mol. The minimum absolute atomic E-state index is 0.0200. The summed E-state index contributed by atoms with van der Waals surface area (Å²) in [6.45, 7) is 56.0. The highest BCUT2D eigenvalue weighted by Gasteiger charge is 2.60. The zero-order valence-electron chi connectivity index (χ0n) is 66.1. The number of allylic oxidation sites excluding steroid dienone is 1. The Bertz CT molecular complexity index is 3080. The number of benzene rings is 2. The standard InChI is InChI=1S/C80H135IO14SSi4/c1-25-55(7)49-68-57(9)70(65(90-68)47-48-86-100(26-2,27-3)28-4)75(96(84,85)63-37-33-30-34-38-63)64(82)51-60-42-44-66-71(88-60)73(94-98(21,22)78(13,14)15)74(95-99(23,24)79(16,17)18)72(91-66)67(93-97(19,20)77(10,11)12)45-41-59(89-76(83)58-35-31-29-32-36-58)39-40-62-52-80(53-81)69(87-62)46-43-61(92-80)50-56(8)54(5)6/h29-38,41,45,55-57,59-62,65-75H,5,25-28,39-40,42-44,46-53H2,1-4,6-24H3/b45-41+/t55-,56-,57+,59?,60-,61-,62?,65+,66+,67+,68-,69+,70-,71+,72+,73+,74-,75?,80-/m1/s1. The lowest BCUT2D eigenvalue weighted by Crippen LogP contribution is -2.69. The molecular weight excluding hydrogens is 1460 g/mol. The molecule has 0 saturated carbocycles. The Morgan fingerprint density at radius 2 is 1.29 bits per heavy atom. The number of hydrogen-bond acceptors (Lipinski definition) is 14. The number of sulfone groups is 1. The Morgan fingerprint density at radius 1 is 0.710 bits per heavy atom. The Morgan fingerprint density at radius 3 is 1.85 bits per heavy atom. The number of rotatable bonds is 34. The lowest BCUT2D eigenvalue weighted by molar-refractivity contribution is -0.266. The van der Waals surface area contributed by atoms with E-state index in [0.29, 0.717) is 56.1 Å². The molecule has 0 radical (unpaired) electrons. The highest BCUT2D eigenvalue weighted by atomic mass is 127. The quantitative estimate of drug-likeness (QED) is 0.0214. The van der Waals surface area contributed by atoms with Crippen LogP contribution in [0.2, 0.25) is 72.5 Å². The van der Waals surface area contributed by atoms with Gasteiger partial charge < -0.3 is 46.1 Å². The first kappa shape index (κ1) is 85.5. The lowest BCUT2D eigenvalue weighted by atomic mass is 9.80. The number of Topliss-reactive ketones (excluding diaryl/α,β-unsaturated/α-hetero) is 1. The van der Waals surface area contributed by atoms with Crippen molar-refractivity contribution in [2.75, 3.05) is 11.0 Å². The first-order valence-electron chi connectivity index (χ1n) is 38.5. The van der Waals surface area contributed by atoms with E-state index in [2.05, 4.69) is 192 Å². The van der Waals surface area contributed by atoms with Crippen LogP contribution in [0.15, 0.2) is 89.9 Å². The second-order valence-electron chi connectivity index (χ2n) is 35.4. The molecule has 2 aromatic rings. The van der Waals surface area contributed by atoms with Crippen LogP contribution in [0.1, 0.15) is 205 Å². The van der Waals surface area contributed by atoms with Gasteiger partial charge in [0.1, 0.15) is 41.4 Å². The van der Waals surface area contributed by atoms with Gasteiger partial charge in [0.05, 0.1) is 59.3 Å². The topological polar surface area (TPSA) is 161 Å². The zero-order chi connectivity index (χ0) is 74.4. The van der Waals surface area contributed by atoms with Gasteiger partial charge in [-0.25, -0.2) is 13.2 Å². The van der Waals surface area contributed by atoms with Crippen LogP contribution in [0.5, 0.6) is 0 Å². The molecule has 0 aliphatic carbocycles. The van der Waals surface area contributed by atoms with E-state index in [1.165, 1.54) is 5.57 Å². The van der Waals surface area contributed by atoms with Crippen molar-refractivity contribution in [2.45, 2.75) is 362 Å². The van der Waals surface area contributed by atoms with E-state index in [1.54, 1.807) is 36.4 Å². The molecule has 568 valence electrons. The Balaban J connectivity index is 1.30. The number of esters is 1. The maximum Gasteiger partial charge on any atom is 0.338 e. The van der Waals surface area contributed by atoms with Crippen LogP contribution < -0.4 is 0 Å². The van der Waals surface area contributed by atoms with Gasteiger partial charge in [0, 0.05) is 29.8 Å². The van der Waals surface area contributed by atoms with Crippen molar-refractivity contribution in [3.05, 3.63) is 90.5 Å². The molecule has 19 atom stereocenters. The number of ether oxygens (including phenoxy) is 6. The number of halogens is 1. The molecule has 20 heteroatoms. The van der Waals surface area contributed by atoms with Crippen molar-refractivity contribution in [3.63, 3.8) is 0 Å². The molecule has 0 aromatic heterocycles. The Hall–Kier alpha value is -1.75. The van der Waals surface area contributed by atoms with Crippen LogP contribution in [-0.4, -0.2) is 155 Å². The fourth-order valence-electron chi connectivity index (χ4n) is 14.9. The molecule has 2 aromatic carbocycles. The van der Waals surface area contributed by atoms with Crippen molar-refractivity contribution >= 4 is 77.5 Å². The van der Waals surface area contributed by atoms with Crippen LogP contribution in [0.4, 0.5) is 0 Å². The van der Waals surface area contributed by atoms with E-state index >= 15 is 13.2 Å². The van der Waals surface area contributed by atoms with Gasteiger partial charge in [0.15, 0.2) is 48.9 Å². The summed E-state index contributed by atoms with van der Waals surface area (Å²) in [6, 6.07) is 20.7. The van der Waals surface area contributed by atoms with E-state index in [-0.39, 0.29) is 62.5 Å². The van der Waals surface area contributed by atoms with E-state index in [0.717, 1.165) is 61.1 Å². The molecule has 7 rings (SSSR count). The minimum atomic E-state index is -4.28. The van der Waals surface area contributed by atoms with Crippen molar-refractivity contribution in [1.82, 2.24) is 0 Å². The smallest absolute Gasteiger partial charge is 0.338 e. The van der Waals surface area contributed by atoms with E-state index in [4.69, 9.17) is 46.1 Å². The van der Waals surface area contributed by atoms with Gasteiger partial charge in [0.2, 0.25) is 0 Å². The predicted octanol–water partition coefficient (Wildman–Crippen LogP) is 19.8. The summed E-state index contributed by atoms with van der Waals surface area (Å²) in [7, 11) is -14.5. The van der Waals surface area contributed by atoms with Crippen LogP contribution in [0, 0.1) is 23.7 Å². The molecule has 0 amide bonds. The second kappa shape index (κ2) is 35.1. The minimum Gasteiger partial charge on any atom is -0.455 e. The van der Waals surface area contributed by atoms with Crippen molar-refractivity contribution < 1.29 is 64.1 Å². The lowest BCUT2D eigenvalue weighted by Gasteiger charge is -2.56. The molecular formula is C80H135IO14SSi4. The SMILES string of the molecule is C=C(C)[C@H](C)C[C@H]1CC[C@@H]2OC(CCC(/C=C/[C@H](O[Si](C)(C)C(C)(C)C)[C@@H]3O[C@H]4CC[C@H](CC(=O)C([C@@H]5[C@@H](C)[C@@H](C[C@H](C)CC)O[C@H]5CCO[Si](CC)(CC)CC)S(=O)(=O)c5ccccc5)O[C@@H]4[C@H](O[Si](C)(C)C(C)(C)C)[C@@H]3O[Si](C)(C)C(C)(C)C)OC(=O)c3ccccc3)C[C@]2(CI)O1. The summed E-state index contributed by atoms with van der Waals surface area (Å²) in [5, 5.41) is -2.13. The summed E-state index contributed by atoms with van der Waals surface area (Å²) < 4.78 is 106. The number of alkyl halides is 1. The zero-order valence-corrected chi connectivity index (χ0v) is 73.0. The summed E-state index contributed by atoms with van der Waals surface area (Å²) in [5.41, 5.74) is 1.24. The average Bonchev–Trinajstić information content (AvgIpc) is 0.855. The predicted molar refractivity (Wildman–Crippen MR) is 425 cm³/mol. The molecule has 5 fully saturated rings. The van der Waals surface area contributed by atoms with Gasteiger partial charge in [-0.1, -0.05) is 194 Å². The molecule has 3 unspecified atom stereocenters. The number of ketones is 1. The van der Waals surface area contributed by atoms with Gasteiger partial charge in [0.25, 0.3) is 0 Å². The van der Waals surface area contributed by atoms with Gasteiger partial charge in [-0.15, -0.1) is 0 Å². The first-order valence-corrected chi connectivity index (χ1v) is 52.8. The van der Waals surface area contributed by atoms with Crippen LogP contribution >= 0.6 is 22.6 Å². The third-order valence-corrected chi connectivity index (χ3v) is 46.9. The molecule has 5 aliphatic heterocycles. The van der Waals surface area contributed by atoms with Crippen LogP contribution in [0.3, 0.4) is 0 Å². The molecule has 0 bridgehead atoms. The number of carbonyl (C=O) groups is 2. The third-order valence-electron chi connectivity index (χ3n) is 25.3. The highest BCUT2D eigenvalue weighted by Crippen LogP contribution is 2.51. The third kappa shape index (κ3) is 20.7. The summed E-state index contributed by atoms with van der Waals surface area (Å²) in [4.78, 5) is 30.6. The average molecular weight is 1590 g/mol. The van der Waals surface area contributed by atoms with Gasteiger partial charge in [-0.05, 0) is 185 Å². The fourth-order valence-corrected chi connectivity index (χ4v) is 24.5. The van der Waals surface area contributed by atoms with E-state index in [9.17, 15) is 4.79 Å². The highest BCUT2D eigenvalue weighted by molar-refractivity contribution is 14.1. The molecule has 0 N–H and O–H groups in total. The van der Waals surface area contributed by atoms with Gasteiger partial charge >= 0.3 is 5.97 Å². The Kier molecular flexibility index (Phi) is 30.0. The number of fused-ring (bicyclic) bond motifs is 2. The Labute approximate surface area is 624 Å². The molecule has 100 heavy (non-hydrogen) atoms. The molecule has 0 spiro atoms. The van der Waals surface area contributed by atoms with Crippen molar-refractivity contribution in [2.24, 2.45) is 23.7 Å². The van der Waals surface area contributed by atoms with Gasteiger partial charge in [-0.3, -0.25) is 4.79 Å². The molecule has 5 saturated heterocycles. The summed E-state index contributed by atoms with van der Waals surface area (Å²) >= 11 is 2.48. The maximum absolute atomic E-state index is 16.1.